The number of fused-ring (bicyclic) bond motifs is 3. The molecule has 2 heterocycles. The predicted molar refractivity (Wildman–Crippen MR) is 60.8 cm³/mol. The highest BCUT2D eigenvalue weighted by atomic mass is 32.1. The molecule has 0 radical (unpaired) electrons. The zero-order valence-electron chi connectivity index (χ0n) is 8.89. The van der Waals surface area contributed by atoms with E-state index >= 15 is 0 Å². The van der Waals surface area contributed by atoms with Crippen LogP contribution in [0.25, 0.3) is 0 Å². The molecule has 3 rings (SSSR count). The number of hydrogen-bond donors (Lipinski definition) is 1. The monoisotopic (exact) mass is 207 g/mol. The van der Waals surface area contributed by atoms with Crippen molar-refractivity contribution < 1.29 is 0 Å². The standard InChI is InChI=1S/C12H17NS/c1-8-6-9-10(14-8)7-12(2)4-3-5-13-11(9)12/h6,11,13H,3-5,7H2,1-2H3/t11-,12+/m1/s1. The van der Waals surface area contributed by atoms with Crippen molar-refractivity contribution in [2.45, 2.75) is 39.2 Å². The lowest BCUT2D eigenvalue weighted by Crippen LogP contribution is -2.39. The Morgan fingerprint density at radius 1 is 1.57 bits per heavy atom. The highest BCUT2D eigenvalue weighted by Crippen LogP contribution is 2.52. The van der Waals surface area contributed by atoms with Crippen molar-refractivity contribution in [2.75, 3.05) is 6.54 Å². The van der Waals surface area contributed by atoms with Crippen LogP contribution in [0.2, 0.25) is 0 Å². The van der Waals surface area contributed by atoms with Crippen LogP contribution in [0.4, 0.5) is 0 Å². The predicted octanol–water partition coefficient (Wildman–Crippen LogP) is 3.04. The fourth-order valence-corrected chi connectivity index (χ4v) is 4.41. The molecule has 0 aromatic carbocycles. The zero-order valence-corrected chi connectivity index (χ0v) is 9.71. The largest absolute Gasteiger partial charge is 0.309 e. The van der Waals surface area contributed by atoms with Gasteiger partial charge in [0.15, 0.2) is 0 Å². The van der Waals surface area contributed by atoms with Crippen molar-refractivity contribution in [3.8, 4) is 0 Å². The summed E-state index contributed by atoms with van der Waals surface area (Å²) in [6.45, 7) is 5.88. The van der Waals surface area contributed by atoms with Crippen LogP contribution < -0.4 is 5.32 Å². The Balaban J connectivity index is 2.04. The van der Waals surface area contributed by atoms with Crippen molar-refractivity contribution in [2.24, 2.45) is 5.41 Å². The van der Waals surface area contributed by atoms with Gasteiger partial charge in [0.25, 0.3) is 0 Å². The van der Waals surface area contributed by atoms with E-state index in [0.717, 1.165) is 0 Å². The third kappa shape index (κ3) is 1.10. The molecule has 1 aliphatic heterocycles. The summed E-state index contributed by atoms with van der Waals surface area (Å²) in [4.78, 5) is 3.12. The molecule has 0 spiro atoms. The molecule has 1 saturated heterocycles. The second-order valence-corrected chi connectivity index (χ2v) is 6.40. The lowest BCUT2D eigenvalue weighted by atomic mass is 9.76. The van der Waals surface area contributed by atoms with Gasteiger partial charge < -0.3 is 5.32 Å². The van der Waals surface area contributed by atoms with Gasteiger partial charge in [-0.25, -0.2) is 0 Å². The fourth-order valence-electron chi connectivity index (χ4n) is 3.14. The minimum atomic E-state index is 0.521. The quantitative estimate of drug-likeness (QED) is 0.689. The van der Waals surface area contributed by atoms with Crippen LogP contribution in [0.3, 0.4) is 0 Å². The van der Waals surface area contributed by atoms with Gasteiger partial charge in [-0.15, -0.1) is 11.3 Å². The Bertz CT molecular complexity index is 368. The second-order valence-electron chi connectivity index (χ2n) is 5.06. The Hall–Kier alpha value is -0.340. The molecule has 0 amide bonds. The van der Waals surface area contributed by atoms with E-state index in [-0.39, 0.29) is 0 Å². The molecular formula is C12H17NS. The Morgan fingerprint density at radius 2 is 2.43 bits per heavy atom. The topological polar surface area (TPSA) is 12.0 Å². The summed E-state index contributed by atoms with van der Waals surface area (Å²) in [6, 6.07) is 3.05. The molecule has 1 aromatic heterocycles. The smallest absolute Gasteiger partial charge is 0.0389 e. The second kappa shape index (κ2) is 2.83. The molecule has 1 N–H and O–H groups in total. The van der Waals surface area contributed by atoms with E-state index < -0.39 is 0 Å². The summed E-state index contributed by atoms with van der Waals surface area (Å²) < 4.78 is 0. The summed E-state index contributed by atoms with van der Waals surface area (Å²) in [6.07, 6.45) is 4.05. The summed E-state index contributed by atoms with van der Waals surface area (Å²) in [5.41, 5.74) is 2.13. The lowest BCUT2D eigenvalue weighted by molar-refractivity contribution is 0.178. The van der Waals surface area contributed by atoms with Crippen LogP contribution in [0, 0.1) is 12.3 Å². The van der Waals surface area contributed by atoms with E-state index in [1.54, 1.807) is 10.4 Å². The minimum Gasteiger partial charge on any atom is -0.309 e. The number of hydrogen-bond acceptors (Lipinski definition) is 2. The Labute approximate surface area is 89.5 Å². The summed E-state index contributed by atoms with van der Waals surface area (Å²) in [7, 11) is 0. The molecule has 2 heteroatoms. The van der Waals surface area contributed by atoms with Gasteiger partial charge in [-0.2, -0.15) is 0 Å². The van der Waals surface area contributed by atoms with Crippen molar-refractivity contribution in [3.63, 3.8) is 0 Å². The molecular weight excluding hydrogens is 190 g/mol. The first-order valence-electron chi connectivity index (χ1n) is 5.52. The molecule has 2 aliphatic rings. The van der Waals surface area contributed by atoms with Gasteiger partial charge in [-0.1, -0.05) is 6.92 Å². The normalized spacial score (nSPS) is 35.4. The molecule has 1 aliphatic carbocycles. The van der Waals surface area contributed by atoms with Gasteiger partial charge in [0, 0.05) is 15.8 Å². The van der Waals surface area contributed by atoms with Crippen LogP contribution in [-0.2, 0) is 6.42 Å². The molecule has 0 saturated carbocycles. The van der Waals surface area contributed by atoms with Gasteiger partial charge in [0.1, 0.15) is 0 Å². The third-order valence-corrected chi connectivity index (χ3v) is 4.88. The summed E-state index contributed by atoms with van der Waals surface area (Å²) in [5, 5.41) is 3.70. The zero-order chi connectivity index (χ0) is 9.76. The Morgan fingerprint density at radius 3 is 3.29 bits per heavy atom. The van der Waals surface area contributed by atoms with E-state index in [4.69, 9.17) is 0 Å². The molecule has 2 atom stereocenters. The van der Waals surface area contributed by atoms with Gasteiger partial charge in [0.05, 0.1) is 0 Å². The number of nitrogens with one attached hydrogen (secondary N) is 1. The maximum absolute atomic E-state index is 3.70. The van der Waals surface area contributed by atoms with E-state index in [1.165, 1.54) is 30.7 Å². The van der Waals surface area contributed by atoms with Crippen molar-refractivity contribution in [1.29, 1.82) is 0 Å². The minimum absolute atomic E-state index is 0.521. The number of thiophene rings is 1. The van der Waals surface area contributed by atoms with Gasteiger partial charge in [0.2, 0.25) is 0 Å². The van der Waals surface area contributed by atoms with Crippen LogP contribution >= 0.6 is 11.3 Å². The average Bonchev–Trinajstić information content (AvgIpc) is 2.57. The molecule has 0 bridgehead atoms. The molecule has 1 aromatic rings. The first-order valence-corrected chi connectivity index (χ1v) is 6.33. The van der Waals surface area contributed by atoms with Crippen LogP contribution in [0.15, 0.2) is 6.07 Å². The fraction of sp³-hybridized carbons (Fsp3) is 0.667. The molecule has 0 unspecified atom stereocenters. The van der Waals surface area contributed by atoms with Gasteiger partial charge >= 0.3 is 0 Å². The summed E-state index contributed by atoms with van der Waals surface area (Å²) in [5.74, 6) is 0. The van der Waals surface area contributed by atoms with Gasteiger partial charge in [-0.3, -0.25) is 0 Å². The summed E-state index contributed by atoms with van der Waals surface area (Å²) >= 11 is 2.00. The average molecular weight is 207 g/mol. The van der Waals surface area contributed by atoms with Crippen molar-refractivity contribution >= 4 is 11.3 Å². The van der Waals surface area contributed by atoms with Crippen molar-refractivity contribution in [1.82, 2.24) is 5.32 Å². The van der Waals surface area contributed by atoms with Gasteiger partial charge in [-0.05, 0) is 49.8 Å². The highest BCUT2D eigenvalue weighted by Gasteiger charge is 2.44. The van der Waals surface area contributed by atoms with E-state index in [9.17, 15) is 0 Å². The van der Waals surface area contributed by atoms with Crippen LogP contribution in [0.5, 0.6) is 0 Å². The van der Waals surface area contributed by atoms with Crippen LogP contribution in [0.1, 0.15) is 41.1 Å². The first kappa shape index (κ1) is 8.93. The van der Waals surface area contributed by atoms with E-state index in [2.05, 4.69) is 25.2 Å². The lowest BCUT2D eigenvalue weighted by Gasteiger charge is -2.37. The molecule has 14 heavy (non-hydrogen) atoms. The van der Waals surface area contributed by atoms with Crippen molar-refractivity contribution in [3.05, 3.63) is 21.4 Å². The number of piperidine rings is 1. The highest BCUT2D eigenvalue weighted by molar-refractivity contribution is 7.12. The molecule has 76 valence electrons. The van der Waals surface area contributed by atoms with E-state index in [0.29, 0.717) is 11.5 Å². The Kier molecular flexibility index (Phi) is 1.80. The van der Waals surface area contributed by atoms with Crippen LogP contribution in [-0.4, -0.2) is 6.54 Å². The number of rotatable bonds is 0. The number of aryl methyl sites for hydroxylation is 1. The maximum atomic E-state index is 3.70. The molecule has 1 nitrogen and oxygen atoms in total. The first-order chi connectivity index (χ1) is 6.69. The SMILES string of the molecule is Cc1cc2c(s1)C[C@]1(C)CCCN[C@H]21. The van der Waals surface area contributed by atoms with E-state index in [1.807, 2.05) is 11.3 Å². The molecule has 1 fully saturated rings. The maximum Gasteiger partial charge on any atom is 0.0389 e. The third-order valence-electron chi connectivity index (χ3n) is 3.81.